The van der Waals surface area contributed by atoms with Gasteiger partial charge in [-0.15, -0.1) is 0 Å². The van der Waals surface area contributed by atoms with Crippen molar-refractivity contribution in [1.82, 2.24) is 29.9 Å². The van der Waals surface area contributed by atoms with Gasteiger partial charge in [-0.3, -0.25) is 0 Å². The fraction of sp³-hybridized carbons (Fsp3) is 0.143. The van der Waals surface area contributed by atoms with Crippen LogP contribution in [-0.2, 0) is 0 Å². The lowest BCUT2D eigenvalue weighted by Crippen LogP contribution is -2.08. The van der Waals surface area contributed by atoms with E-state index in [-0.39, 0.29) is 0 Å². The Morgan fingerprint density at radius 1 is 0.291 bits per heavy atom. The average Bonchev–Trinajstić information content (AvgIpc) is 3.92. The summed E-state index contributed by atoms with van der Waals surface area (Å²) in [5.41, 5.74) is 9.37. The van der Waals surface area contributed by atoms with E-state index in [0.29, 0.717) is 40.9 Å². The molecule has 0 spiro atoms. The molecule has 6 aromatic carbocycles. The maximum Gasteiger partial charge on any atom is 0.164 e. The molecule has 2 fully saturated rings. The van der Waals surface area contributed by atoms with E-state index in [1.807, 2.05) is 78.9 Å². The Kier molecular flexibility index (Phi) is 8.56. The highest BCUT2D eigenvalue weighted by atomic mass is 15.0. The van der Waals surface area contributed by atoms with Gasteiger partial charge in [0.25, 0.3) is 0 Å². The lowest BCUT2D eigenvalue weighted by Gasteiger charge is -2.22. The summed E-state index contributed by atoms with van der Waals surface area (Å²) in [6.45, 7) is 0. The molecule has 0 saturated heterocycles. The highest BCUT2D eigenvalue weighted by molar-refractivity contribution is 5.73. The maximum absolute atomic E-state index is 5.03. The number of benzene rings is 6. The third-order valence-electron chi connectivity index (χ3n) is 11.3. The summed E-state index contributed by atoms with van der Waals surface area (Å²) in [6.07, 6.45) is 5.53. The molecule has 8 aromatic rings. The molecule has 2 saturated carbocycles. The van der Waals surface area contributed by atoms with E-state index in [1.165, 1.54) is 31.2 Å². The molecule has 2 heterocycles. The quantitative estimate of drug-likeness (QED) is 0.156. The Morgan fingerprint density at radius 2 is 0.600 bits per heavy atom. The van der Waals surface area contributed by atoms with Crippen molar-refractivity contribution in [3.8, 4) is 79.5 Å². The second kappa shape index (κ2) is 14.3. The molecule has 264 valence electrons. The molecule has 2 aliphatic rings. The second-order valence-corrected chi connectivity index (χ2v) is 14.8. The Labute approximate surface area is 321 Å². The number of rotatable bonds is 8. The van der Waals surface area contributed by atoms with Crippen molar-refractivity contribution < 1.29 is 0 Å². The summed E-state index contributed by atoms with van der Waals surface area (Å²) < 4.78 is 0. The molecule has 6 heteroatoms. The molecular weight excluding hydrogens is 673 g/mol. The van der Waals surface area contributed by atoms with Gasteiger partial charge in [0.15, 0.2) is 34.9 Å². The van der Waals surface area contributed by atoms with E-state index in [2.05, 4.69) is 84.9 Å². The molecule has 55 heavy (non-hydrogen) atoms. The van der Waals surface area contributed by atoms with Gasteiger partial charge in [0.05, 0.1) is 0 Å². The van der Waals surface area contributed by atoms with E-state index in [4.69, 9.17) is 29.9 Å². The Bertz CT molecular complexity index is 2520. The van der Waals surface area contributed by atoms with Gasteiger partial charge < -0.3 is 0 Å². The molecule has 0 radical (unpaired) electrons. The van der Waals surface area contributed by atoms with Crippen molar-refractivity contribution in [2.75, 3.05) is 0 Å². The summed E-state index contributed by atoms with van der Waals surface area (Å²) in [6, 6.07) is 56.1. The van der Waals surface area contributed by atoms with Crippen LogP contribution in [0.5, 0.6) is 0 Å². The molecule has 2 bridgehead atoms. The van der Waals surface area contributed by atoms with Crippen molar-refractivity contribution in [2.24, 2.45) is 11.8 Å². The van der Waals surface area contributed by atoms with Crippen LogP contribution in [0.1, 0.15) is 37.2 Å². The van der Waals surface area contributed by atoms with E-state index in [0.717, 1.165) is 56.3 Å². The summed E-state index contributed by atoms with van der Waals surface area (Å²) >= 11 is 0. The van der Waals surface area contributed by atoms with Gasteiger partial charge in [0.2, 0.25) is 0 Å². The van der Waals surface area contributed by atoms with E-state index < -0.39 is 0 Å². The molecule has 0 N–H and O–H groups in total. The third kappa shape index (κ3) is 6.72. The number of hydrogen-bond donors (Lipinski definition) is 0. The first-order valence-corrected chi connectivity index (χ1v) is 19.2. The van der Waals surface area contributed by atoms with Crippen LogP contribution in [0, 0.1) is 11.8 Å². The second-order valence-electron chi connectivity index (χ2n) is 14.8. The zero-order valence-corrected chi connectivity index (χ0v) is 30.3. The van der Waals surface area contributed by atoms with Gasteiger partial charge in [-0.1, -0.05) is 170 Å². The fourth-order valence-corrected chi connectivity index (χ4v) is 8.44. The van der Waals surface area contributed by atoms with Crippen LogP contribution in [0.25, 0.3) is 79.5 Å². The van der Waals surface area contributed by atoms with Gasteiger partial charge in [-0.2, -0.15) is 0 Å². The number of nitrogens with zero attached hydrogens (tertiary/aromatic N) is 6. The standard InChI is InChI=1S/C49H38N6/c1-4-10-36(11-5-1)44-50-45(37-12-6-2-7-13-37)52-47(51-44)39-24-18-33(19-25-39)34-20-26-40(27-21-34)48-53-46(38-14-8-3-9-15-38)54-49(55-48)41-28-22-35(23-29-41)43-31-32-16-17-42(43)30-32/h1-15,18-29,32,42-43H,16-17,30-31H2. The highest BCUT2D eigenvalue weighted by Crippen LogP contribution is 2.53. The Morgan fingerprint density at radius 3 is 0.909 bits per heavy atom. The van der Waals surface area contributed by atoms with Crippen LogP contribution in [0.2, 0.25) is 0 Å². The molecule has 0 amide bonds. The van der Waals surface area contributed by atoms with Crippen molar-refractivity contribution in [3.63, 3.8) is 0 Å². The zero-order valence-electron chi connectivity index (χ0n) is 30.3. The van der Waals surface area contributed by atoms with Gasteiger partial charge in [-0.25, -0.2) is 29.9 Å². The van der Waals surface area contributed by atoms with Crippen LogP contribution in [-0.4, -0.2) is 29.9 Å². The summed E-state index contributed by atoms with van der Waals surface area (Å²) in [5.74, 6) is 6.40. The largest absolute Gasteiger partial charge is 0.208 e. The van der Waals surface area contributed by atoms with E-state index >= 15 is 0 Å². The van der Waals surface area contributed by atoms with Gasteiger partial charge in [0.1, 0.15) is 0 Å². The number of aromatic nitrogens is 6. The third-order valence-corrected chi connectivity index (χ3v) is 11.3. The molecule has 10 rings (SSSR count). The van der Waals surface area contributed by atoms with Crippen LogP contribution in [0.15, 0.2) is 164 Å². The Balaban J connectivity index is 0.944. The van der Waals surface area contributed by atoms with Crippen LogP contribution in [0.4, 0.5) is 0 Å². The predicted octanol–water partition coefficient (Wildman–Crippen LogP) is 11.6. The molecule has 2 aliphatic carbocycles. The highest BCUT2D eigenvalue weighted by Gasteiger charge is 2.40. The lowest BCUT2D eigenvalue weighted by atomic mass is 9.83. The molecule has 3 atom stereocenters. The fourth-order valence-electron chi connectivity index (χ4n) is 8.44. The molecule has 3 unspecified atom stereocenters. The summed E-state index contributed by atoms with van der Waals surface area (Å²) in [4.78, 5) is 29.6. The average molecular weight is 711 g/mol. The normalized spacial score (nSPS) is 17.3. The molecule has 6 nitrogen and oxygen atoms in total. The first-order valence-electron chi connectivity index (χ1n) is 19.2. The minimum Gasteiger partial charge on any atom is -0.208 e. The maximum atomic E-state index is 5.03. The van der Waals surface area contributed by atoms with Crippen molar-refractivity contribution in [2.45, 2.75) is 31.6 Å². The van der Waals surface area contributed by atoms with Crippen molar-refractivity contribution in [3.05, 3.63) is 169 Å². The van der Waals surface area contributed by atoms with E-state index in [1.54, 1.807) is 0 Å². The number of fused-ring (bicyclic) bond motifs is 2. The monoisotopic (exact) mass is 710 g/mol. The minimum atomic E-state index is 0.634. The zero-order chi connectivity index (χ0) is 36.6. The SMILES string of the molecule is c1ccc(-c2nc(-c3ccccc3)nc(-c3ccc(-c4ccc(-c5nc(-c6ccccc6)nc(-c6ccc(C7CC8CCC7C8)cc6)n5)cc4)cc3)n2)cc1. The molecule has 0 aliphatic heterocycles. The van der Waals surface area contributed by atoms with Crippen LogP contribution < -0.4 is 0 Å². The molecular formula is C49H38N6. The van der Waals surface area contributed by atoms with Crippen LogP contribution in [0.3, 0.4) is 0 Å². The molecule has 2 aromatic heterocycles. The van der Waals surface area contributed by atoms with Gasteiger partial charge >= 0.3 is 0 Å². The van der Waals surface area contributed by atoms with Gasteiger partial charge in [0, 0.05) is 33.4 Å². The van der Waals surface area contributed by atoms with E-state index in [9.17, 15) is 0 Å². The minimum absolute atomic E-state index is 0.634. The summed E-state index contributed by atoms with van der Waals surface area (Å²) in [5, 5.41) is 0. The first kappa shape index (κ1) is 32.9. The van der Waals surface area contributed by atoms with Crippen LogP contribution >= 0.6 is 0 Å². The predicted molar refractivity (Wildman–Crippen MR) is 219 cm³/mol. The van der Waals surface area contributed by atoms with Gasteiger partial charge in [-0.05, 0) is 53.7 Å². The van der Waals surface area contributed by atoms with Crippen molar-refractivity contribution in [1.29, 1.82) is 0 Å². The van der Waals surface area contributed by atoms with Crippen molar-refractivity contribution >= 4 is 0 Å². The number of hydrogen-bond acceptors (Lipinski definition) is 6. The summed E-state index contributed by atoms with van der Waals surface area (Å²) in [7, 11) is 0. The lowest BCUT2D eigenvalue weighted by molar-refractivity contribution is 0.420. The topological polar surface area (TPSA) is 77.3 Å². The Hall–Kier alpha value is -6.66. The smallest absolute Gasteiger partial charge is 0.164 e. The first-order chi connectivity index (χ1) is 27.2.